The molecular formula is C16H13NO2S. The maximum atomic E-state index is 9.87. The number of phenols is 2. The lowest BCUT2D eigenvalue weighted by Crippen LogP contribution is -1.81. The first kappa shape index (κ1) is 12.7. The summed E-state index contributed by atoms with van der Waals surface area (Å²) in [5.74, 6) is 0.0754. The van der Waals surface area contributed by atoms with E-state index < -0.39 is 0 Å². The highest BCUT2D eigenvalue weighted by atomic mass is 32.1. The van der Waals surface area contributed by atoms with Crippen molar-refractivity contribution in [3.8, 4) is 33.3 Å². The standard InChI is InChI=1S/C16H13NO2S/c1-10-3-2-4-11(7-10)16-17-14(9-20-16)13-6-5-12(18)8-15(13)19/h2-9,18-19H,1H3. The van der Waals surface area contributed by atoms with E-state index in [0.717, 1.165) is 10.6 Å². The van der Waals surface area contributed by atoms with Crippen molar-refractivity contribution >= 4 is 11.3 Å². The maximum Gasteiger partial charge on any atom is 0.128 e. The van der Waals surface area contributed by atoms with Gasteiger partial charge in [0.05, 0.1) is 5.69 Å². The molecule has 3 nitrogen and oxygen atoms in total. The van der Waals surface area contributed by atoms with E-state index in [-0.39, 0.29) is 11.5 Å². The molecule has 1 heterocycles. The minimum absolute atomic E-state index is 0.0334. The molecule has 20 heavy (non-hydrogen) atoms. The van der Waals surface area contributed by atoms with E-state index in [1.54, 1.807) is 12.1 Å². The van der Waals surface area contributed by atoms with Crippen LogP contribution in [0.5, 0.6) is 11.5 Å². The van der Waals surface area contributed by atoms with Gasteiger partial charge in [-0.05, 0) is 25.1 Å². The number of aromatic hydroxyl groups is 2. The molecule has 0 aliphatic heterocycles. The van der Waals surface area contributed by atoms with Crippen LogP contribution in [0.2, 0.25) is 0 Å². The lowest BCUT2D eigenvalue weighted by molar-refractivity contribution is 0.452. The summed E-state index contributed by atoms with van der Waals surface area (Å²) >= 11 is 1.53. The normalized spacial score (nSPS) is 10.7. The molecular weight excluding hydrogens is 270 g/mol. The summed E-state index contributed by atoms with van der Waals surface area (Å²) < 4.78 is 0. The smallest absolute Gasteiger partial charge is 0.128 e. The number of thiazole rings is 1. The van der Waals surface area contributed by atoms with Gasteiger partial charge in [-0.2, -0.15) is 0 Å². The van der Waals surface area contributed by atoms with Gasteiger partial charge in [0.15, 0.2) is 0 Å². The molecule has 100 valence electrons. The quantitative estimate of drug-likeness (QED) is 0.741. The molecule has 0 aliphatic carbocycles. The predicted octanol–water partition coefficient (Wildman–Crippen LogP) is 4.20. The van der Waals surface area contributed by atoms with E-state index in [9.17, 15) is 10.2 Å². The minimum Gasteiger partial charge on any atom is -0.508 e. The first-order valence-electron chi connectivity index (χ1n) is 6.18. The SMILES string of the molecule is Cc1cccc(-c2nc(-c3ccc(O)cc3O)cs2)c1. The Morgan fingerprint density at radius 1 is 1.05 bits per heavy atom. The van der Waals surface area contributed by atoms with Gasteiger partial charge in [0, 0.05) is 22.6 Å². The predicted molar refractivity (Wildman–Crippen MR) is 81.1 cm³/mol. The first-order chi connectivity index (χ1) is 9.63. The molecule has 2 aromatic carbocycles. The molecule has 3 aromatic rings. The molecule has 4 heteroatoms. The van der Waals surface area contributed by atoms with Gasteiger partial charge in [0.25, 0.3) is 0 Å². The van der Waals surface area contributed by atoms with Crippen LogP contribution >= 0.6 is 11.3 Å². The fourth-order valence-corrected chi connectivity index (χ4v) is 2.86. The second-order valence-corrected chi connectivity index (χ2v) is 5.47. The molecule has 0 amide bonds. The number of aryl methyl sites for hydroxylation is 1. The molecule has 0 saturated carbocycles. The third kappa shape index (κ3) is 2.38. The Hall–Kier alpha value is -2.33. The fourth-order valence-electron chi connectivity index (χ4n) is 2.04. The highest BCUT2D eigenvalue weighted by Gasteiger charge is 2.10. The van der Waals surface area contributed by atoms with E-state index in [1.165, 1.54) is 23.0 Å². The Balaban J connectivity index is 2.02. The van der Waals surface area contributed by atoms with Crippen molar-refractivity contribution in [2.45, 2.75) is 6.92 Å². The van der Waals surface area contributed by atoms with Crippen LogP contribution in [0.25, 0.3) is 21.8 Å². The van der Waals surface area contributed by atoms with Crippen LogP contribution < -0.4 is 0 Å². The van der Waals surface area contributed by atoms with Gasteiger partial charge in [-0.15, -0.1) is 11.3 Å². The van der Waals surface area contributed by atoms with Crippen molar-refractivity contribution in [3.63, 3.8) is 0 Å². The summed E-state index contributed by atoms with van der Waals surface area (Å²) in [6.07, 6.45) is 0. The molecule has 2 N–H and O–H groups in total. The average Bonchev–Trinajstić information content (AvgIpc) is 2.88. The molecule has 0 saturated heterocycles. The second kappa shape index (κ2) is 4.98. The Kier molecular flexibility index (Phi) is 3.16. The average molecular weight is 283 g/mol. The van der Waals surface area contributed by atoms with Gasteiger partial charge in [-0.25, -0.2) is 4.98 Å². The topological polar surface area (TPSA) is 53.4 Å². The Morgan fingerprint density at radius 3 is 2.65 bits per heavy atom. The van der Waals surface area contributed by atoms with Crippen molar-refractivity contribution < 1.29 is 10.2 Å². The van der Waals surface area contributed by atoms with Crippen LogP contribution in [0.4, 0.5) is 0 Å². The van der Waals surface area contributed by atoms with Crippen LogP contribution in [-0.2, 0) is 0 Å². The molecule has 0 atom stereocenters. The monoisotopic (exact) mass is 283 g/mol. The molecule has 0 fully saturated rings. The van der Waals surface area contributed by atoms with Crippen molar-refractivity contribution in [1.82, 2.24) is 4.98 Å². The molecule has 3 rings (SSSR count). The third-order valence-electron chi connectivity index (χ3n) is 3.03. The summed E-state index contributed by atoms with van der Waals surface area (Å²) in [5, 5.41) is 22.0. The third-order valence-corrected chi connectivity index (χ3v) is 3.92. The lowest BCUT2D eigenvalue weighted by atomic mass is 10.1. The largest absolute Gasteiger partial charge is 0.508 e. The van der Waals surface area contributed by atoms with Crippen molar-refractivity contribution in [2.75, 3.05) is 0 Å². The first-order valence-corrected chi connectivity index (χ1v) is 7.06. The molecule has 0 aliphatic rings. The van der Waals surface area contributed by atoms with Crippen LogP contribution in [0, 0.1) is 6.92 Å². The van der Waals surface area contributed by atoms with Crippen molar-refractivity contribution in [1.29, 1.82) is 0 Å². The number of phenolic OH excluding ortho intramolecular Hbond substituents is 2. The highest BCUT2D eigenvalue weighted by molar-refractivity contribution is 7.13. The van der Waals surface area contributed by atoms with E-state index in [4.69, 9.17) is 0 Å². The van der Waals surface area contributed by atoms with Gasteiger partial charge in [0.1, 0.15) is 16.5 Å². The number of benzene rings is 2. The fraction of sp³-hybridized carbons (Fsp3) is 0.0625. The van der Waals surface area contributed by atoms with Gasteiger partial charge < -0.3 is 10.2 Å². The van der Waals surface area contributed by atoms with Gasteiger partial charge in [0.2, 0.25) is 0 Å². The van der Waals surface area contributed by atoms with Crippen molar-refractivity contribution in [2.24, 2.45) is 0 Å². The summed E-state index contributed by atoms with van der Waals surface area (Å²) in [7, 11) is 0. The zero-order chi connectivity index (χ0) is 14.1. The zero-order valence-corrected chi connectivity index (χ0v) is 11.7. The van der Waals surface area contributed by atoms with E-state index in [0.29, 0.717) is 11.3 Å². The number of aromatic nitrogens is 1. The zero-order valence-electron chi connectivity index (χ0n) is 10.9. The summed E-state index contributed by atoms with van der Waals surface area (Å²) in [4.78, 5) is 4.56. The molecule has 0 bridgehead atoms. The Labute approximate surface area is 120 Å². The Morgan fingerprint density at radius 2 is 1.90 bits per heavy atom. The van der Waals surface area contributed by atoms with Crippen LogP contribution in [0.1, 0.15) is 5.56 Å². The van der Waals surface area contributed by atoms with Crippen LogP contribution in [-0.4, -0.2) is 15.2 Å². The molecule has 1 aromatic heterocycles. The van der Waals surface area contributed by atoms with E-state index in [1.807, 2.05) is 30.5 Å². The summed E-state index contributed by atoms with van der Waals surface area (Å²) in [5.41, 5.74) is 3.59. The van der Waals surface area contributed by atoms with E-state index >= 15 is 0 Å². The summed E-state index contributed by atoms with van der Waals surface area (Å²) in [6, 6.07) is 12.7. The maximum absolute atomic E-state index is 9.87. The van der Waals surface area contributed by atoms with Crippen LogP contribution in [0.3, 0.4) is 0 Å². The van der Waals surface area contributed by atoms with Gasteiger partial charge in [-0.1, -0.05) is 23.8 Å². The summed E-state index contributed by atoms with van der Waals surface area (Å²) in [6.45, 7) is 2.05. The van der Waals surface area contributed by atoms with Gasteiger partial charge >= 0.3 is 0 Å². The second-order valence-electron chi connectivity index (χ2n) is 4.61. The number of hydrogen-bond donors (Lipinski definition) is 2. The minimum atomic E-state index is 0.0334. The van der Waals surface area contributed by atoms with E-state index in [2.05, 4.69) is 11.1 Å². The number of hydrogen-bond acceptors (Lipinski definition) is 4. The van der Waals surface area contributed by atoms with Crippen molar-refractivity contribution in [3.05, 3.63) is 53.4 Å². The molecule has 0 spiro atoms. The van der Waals surface area contributed by atoms with Gasteiger partial charge in [-0.3, -0.25) is 0 Å². The number of rotatable bonds is 2. The molecule has 0 unspecified atom stereocenters. The molecule has 0 radical (unpaired) electrons. The Bertz CT molecular complexity index is 765. The van der Waals surface area contributed by atoms with Crippen LogP contribution in [0.15, 0.2) is 47.8 Å². The lowest BCUT2D eigenvalue weighted by Gasteiger charge is -2.01. The number of nitrogens with zero attached hydrogens (tertiary/aromatic N) is 1. The highest BCUT2D eigenvalue weighted by Crippen LogP contribution is 2.35.